The van der Waals surface area contributed by atoms with Crippen molar-refractivity contribution in [1.82, 2.24) is 10.2 Å². The van der Waals surface area contributed by atoms with Gasteiger partial charge in [0.1, 0.15) is 0 Å². The van der Waals surface area contributed by atoms with Crippen LogP contribution in [0.3, 0.4) is 0 Å². The molecular formula is C17H17N3O2S. The lowest BCUT2D eigenvalue weighted by Crippen LogP contribution is -2.14. The van der Waals surface area contributed by atoms with Crippen LogP contribution < -0.4 is 4.72 Å². The van der Waals surface area contributed by atoms with Crippen LogP contribution in [-0.2, 0) is 22.9 Å². The van der Waals surface area contributed by atoms with Gasteiger partial charge in [0.15, 0.2) is 0 Å². The van der Waals surface area contributed by atoms with Gasteiger partial charge < -0.3 is 0 Å². The zero-order valence-corrected chi connectivity index (χ0v) is 13.4. The molecule has 0 spiro atoms. The van der Waals surface area contributed by atoms with E-state index < -0.39 is 10.0 Å². The van der Waals surface area contributed by atoms with Gasteiger partial charge in [-0.1, -0.05) is 6.07 Å². The fourth-order valence-corrected chi connectivity index (χ4v) is 4.20. The molecule has 1 aliphatic rings. The summed E-state index contributed by atoms with van der Waals surface area (Å²) in [5.74, 6) is 0. The highest BCUT2D eigenvalue weighted by Crippen LogP contribution is 2.26. The van der Waals surface area contributed by atoms with E-state index in [-0.39, 0.29) is 0 Å². The summed E-state index contributed by atoms with van der Waals surface area (Å²) >= 11 is 0. The lowest BCUT2D eigenvalue weighted by molar-refractivity contribution is 0.600. The monoisotopic (exact) mass is 327 g/mol. The topological polar surface area (TPSA) is 74.8 Å². The predicted molar refractivity (Wildman–Crippen MR) is 90.0 cm³/mol. The highest BCUT2D eigenvalue weighted by atomic mass is 32.2. The number of nitrogens with one attached hydrogen (secondary N) is 2. The molecule has 23 heavy (non-hydrogen) atoms. The molecule has 0 saturated carbocycles. The second-order valence-electron chi connectivity index (χ2n) is 5.92. The van der Waals surface area contributed by atoms with Crippen molar-refractivity contribution in [2.24, 2.45) is 0 Å². The Hall–Kier alpha value is -2.34. The molecule has 5 nitrogen and oxygen atoms in total. The summed E-state index contributed by atoms with van der Waals surface area (Å²) in [6, 6.07) is 10.8. The van der Waals surface area contributed by atoms with E-state index in [0.717, 1.165) is 35.7 Å². The van der Waals surface area contributed by atoms with Crippen molar-refractivity contribution in [1.29, 1.82) is 0 Å². The second kappa shape index (κ2) is 5.38. The molecule has 0 unspecified atom stereocenters. The number of benzene rings is 2. The molecule has 1 heterocycles. The minimum atomic E-state index is -3.58. The third-order valence-corrected chi connectivity index (χ3v) is 5.70. The molecule has 3 aromatic rings. The fourth-order valence-electron chi connectivity index (χ4n) is 3.10. The van der Waals surface area contributed by atoms with Crippen LogP contribution in [0.25, 0.3) is 10.9 Å². The molecule has 2 aromatic carbocycles. The summed E-state index contributed by atoms with van der Waals surface area (Å²) in [5, 5.41) is 7.66. The molecule has 0 amide bonds. The quantitative estimate of drug-likeness (QED) is 0.775. The molecule has 0 aliphatic heterocycles. The number of hydrogen-bond acceptors (Lipinski definition) is 3. The van der Waals surface area contributed by atoms with E-state index in [9.17, 15) is 8.42 Å². The summed E-state index contributed by atoms with van der Waals surface area (Å²) in [6.07, 6.45) is 5.98. The van der Waals surface area contributed by atoms with Crippen molar-refractivity contribution in [3.05, 3.63) is 53.7 Å². The number of H-pyrrole nitrogens is 1. The third kappa shape index (κ3) is 2.70. The summed E-state index contributed by atoms with van der Waals surface area (Å²) in [5.41, 5.74) is 3.85. The maximum Gasteiger partial charge on any atom is 0.261 e. The van der Waals surface area contributed by atoms with Gasteiger partial charge in [0.25, 0.3) is 10.0 Å². The Kier molecular flexibility index (Phi) is 3.34. The summed E-state index contributed by atoms with van der Waals surface area (Å²) in [7, 11) is -3.58. The van der Waals surface area contributed by atoms with E-state index in [1.54, 1.807) is 24.4 Å². The number of aromatic amines is 1. The third-order valence-electron chi connectivity index (χ3n) is 4.32. The van der Waals surface area contributed by atoms with Gasteiger partial charge in [-0.2, -0.15) is 5.10 Å². The molecule has 118 valence electrons. The van der Waals surface area contributed by atoms with E-state index in [2.05, 4.69) is 14.9 Å². The van der Waals surface area contributed by atoms with Crippen LogP contribution in [0.2, 0.25) is 0 Å². The summed E-state index contributed by atoms with van der Waals surface area (Å²) < 4.78 is 27.9. The number of fused-ring (bicyclic) bond motifs is 2. The van der Waals surface area contributed by atoms with Crippen molar-refractivity contribution in [2.75, 3.05) is 4.72 Å². The van der Waals surface area contributed by atoms with Crippen LogP contribution >= 0.6 is 0 Å². The summed E-state index contributed by atoms with van der Waals surface area (Å²) in [6.45, 7) is 0. The highest BCUT2D eigenvalue weighted by Gasteiger charge is 2.18. The normalized spacial score (nSPS) is 14.6. The van der Waals surface area contributed by atoms with Crippen LogP contribution in [-0.4, -0.2) is 18.6 Å². The van der Waals surface area contributed by atoms with Crippen molar-refractivity contribution in [3.8, 4) is 0 Å². The van der Waals surface area contributed by atoms with E-state index in [0.29, 0.717) is 10.6 Å². The van der Waals surface area contributed by atoms with Gasteiger partial charge in [-0.15, -0.1) is 0 Å². The number of aryl methyl sites for hydroxylation is 2. The van der Waals surface area contributed by atoms with Crippen molar-refractivity contribution in [2.45, 2.75) is 30.6 Å². The first-order valence-corrected chi connectivity index (χ1v) is 9.18. The molecular weight excluding hydrogens is 310 g/mol. The van der Waals surface area contributed by atoms with Crippen LogP contribution in [0.5, 0.6) is 0 Å². The predicted octanol–water partition coefficient (Wildman–Crippen LogP) is 3.24. The first kappa shape index (κ1) is 14.3. The Morgan fingerprint density at radius 1 is 1.00 bits per heavy atom. The number of rotatable bonds is 3. The molecule has 0 radical (unpaired) electrons. The van der Waals surface area contributed by atoms with Gasteiger partial charge in [0.05, 0.1) is 16.6 Å². The van der Waals surface area contributed by atoms with Gasteiger partial charge in [-0.25, -0.2) is 8.42 Å². The largest absolute Gasteiger partial charge is 0.280 e. The average molecular weight is 327 g/mol. The molecule has 2 N–H and O–H groups in total. The second-order valence-corrected chi connectivity index (χ2v) is 7.60. The van der Waals surface area contributed by atoms with Crippen LogP contribution in [0, 0.1) is 0 Å². The molecule has 6 heteroatoms. The Balaban J connectivity index is 1.66. The smallest absolute Gasteiger partial charge is 0.261 e. The van der Waals surface area contributed by atoms with Gasteiger partial charge >= 0.3 is 0 Å². The minimum Gasteiger partial charge on any atom is -0.280 e. The van der Waals surface area contributed by atoms with Gasteiger partial charge in [-0.05, 0) is 67.1 Å². The fraction of sp³-hybridized carbons (Fsp3) is 0.235. The van der Waals surface area contributed by atoms with Gasteiger partial charge in [-0.3, -0.25) is 9.82 Å². The Labute approximate surface area is 134 Å². The molecule has 0 fully saturated rings. The maximum absolute atomic E-state index is 12.6. The van der Waals surface area contributed by atoms with Crippen LogP contribution in [0.4, 0.5) is 5.69 Å². The molecule has 1 aliphatic carbocycles. The minimum absolute atomic E-state index is 0.324. The molecule has 4 rings (SSSR count). The van der Waals surface area contributed by atoms with E-state index in [4.69, 9.17) is 0 Å². The first-order valence-electron chi connectivity index (χ1n) is 7.70. The van der Waals surface area contributed by atoms with Crippen molar-refractivity contribution in [3.63, 3.8) is 0 Å². The van der Waals surface area contributed by atoms with Gasteiger partial charge in [0.2, 0.25) is 0 Å². The lowest BCUT2D eigenvalue weighted by Gasteiger charge is -2.17. The lowest BCUT2D eigenvalue weighted by atomic mass is 9.92. The number of nitrogens with zero attached hydrogens (tertiary/aromatic N) is 1. The SMILES string of the molecule is O=S(=O)(Nc1ccc2[nH]ncc2c1)c1ccc2c(c1)CCCC2. The van der Waals surface area contributed by atoms with Crippen LogP contribution in [0.1, 0.15) is 24.0 Å². The standard InChI is InChI=1S/C17H17N3O2S/c21-23(22,16-7-5-12-3-1-2-4-13(12)10-16)20-15-6-8-17-14(9-15)11-18-19-17/h5-11,20H,1-4H2,(H,18,19). The van der Waals surface area contributed by atoms with Crippen molar-refractivity contribution >= 4 is 26.6 Å². The van der Waals surface area contributed by atoms with Crippen LogP contribution in [0.15, 0.2) is 47.5 Å². The highest BCUT2D eigenvalue weighted by molar-refractivity contribution is 7.92. The molecule has 0 saturated heterocycles. The first-order chi connectivity index (χ1) is 11.1. The van der Waals surface area contributed by atoms with Crippen molar-refractivity contribution < 1.29 is 8.42 Å². The zero-order chi connectivity index (χ0) is 15.9. The Bertz CT molecular complexity index is 976. The van der Waals surface area contributed by atoms with E-state index in [1.165, 1.54) is 12.0 Å². The molecule has 1 aromatic heterocycles. The number of sulfonamides is 1. The zero-order valence-electron chi connectivity index (χ0n) is 12.5. The summed E-state index contributed by atoms with van der Waals surface area (Å²) in [4.78, 5) is 0.324. The van der Waals surface area contributed by atoms with E-state index >= 15 is 0 Å². The Morgan fingerprint density at radius 3 is 2.70 bits per heavy atom. The van der Waals surface area contributed by atoms with Gasteiger partial charge in [0, 0.05) is 11.1 Å². The van der Waals surface area contributed by atoms with E-state index in [1.807, 2.05) is 18.2 Å². The number of anilines is 1. The average Bonchev–Trinajstić information content (AvgIpc) is 3.01. The number of hydrogen-bond donors (Lipinski definition) is 2. The maximum atomic E-state index is 12.6. The molecule has 0 atom stereocenters. The molecule has 0 bridgehead atoms. The Morgan fingerprint density at radius 2 is 1.83 bits per heavy atom. The number of aromatic nitrogens is 2.